The van der Waals surface area contributed by atoms with Crippen molar-refractivity contribution in [3.63, 3.8) is 0 Å². The van der Waals surface area contributed by atoms with Gasteiger partial charge in [-0.3, -0.25) is 4.79 Å². The van der Waals surface area contributed by atoms with Crippen LogP contribution in [0.5, 0.6) is 0 Å². The number of hydrogen-bond donors (Lipinski definition) is 1. The van der Waals surface area contributed by atoms with Crippen LogP contribution in [0.4, 0.5) is 5.69 Å². The monoisotopic (exact) mass is 344 g/mol. The smallest absolute Gasteiger partial charge is 0.243 e. The first-order chi connectivity index (χ1) is 10.3. The molecule has 0 aromatic heterocycles. The van der Waals surface area contributed by atoms with E-state index in [0.717, 1.165) is 12.8 Å². The lowest BCUT2D eigenvalue weighted by Gasteiger charge is -2.30. The summed E-state index contributed by atoms with van der Waals surface area (Å²) in [6, 6.07) is 6.20. The average Bonchev–Trinajstić information content (AvgIpc) is 2.47. The lowest BCUT2D eigenvalue weighted by Crippen LogP contribution is -2.39. The number of alkyl halides is 1. The first-order valence-electron chi connectivity index (χ1n) is 7.36. The van der Waals surface area contributed by atoms with E-state index in [9.17, 15) is 13.2 Å². The lowest BCUT2D eigenvalue weighted by molar-refractivity contribution is -0.115. The maximum absolute atomic E-state index is 12.6. The molecule has 1 saturated heterocycles. The molecule has 1 aliphatic rings. The summed E-state index contributed by atoms with van der Waals surface area (Å²) in [5, 5.41) is 1.99. The predicted molar refractivity (Wildman–Crippen MR) is 87.5 cm³/mol. The number of amides is 1. The molecule has 1 amide bonds. The Kier molecular flexibility index (Phi) is 5.47. The predicted octanol–water partition coefficient (Wildman–Crippen LogP) is 2.67. The number of hydrogen-bond acceptors (Lipinski definition) is 3. The van der Waals surface area contributed by atoms with Gasteiger partial charge in [-0.15, -0.1) is 11.6 Å². The molecular weight excluding hydrogens is 324 g/mol. The third-order valence-corrected chi connectivity index (χ3v) is 5.82. The molecule has 2 atom stereocenters. The lowest BCUT2D eigenvalue weighted by atomic mass is 10.0. The number of nitrogens with one attached hydrogen (secondary N) is 1. The Balaban J connectivity index is 2.13. The Hall–Kier alpha value is -1.11. The number of anilines is 1. The molecule has 7 heteroatoms. The Bertz CT molecular complexity index is 629. The van der Waals surface area contributed by atoms with Gasteiger partial charge in [0, 0.05) is 18.8 Å². The standard InChI is InChI=1S/C15H21ClN2O3S/c1-11-4-3-9-18(10-11)22(20,21)14-7-5-13(6-8-14)17-15(19)12(2)16/h5-8,11-12H,3-4,9-10H2,1-2H3,(H,17,19)/t11-,12-/m0/s1. The first-order valence-corrected chi connectivity index (χ1v) is 9.23. The molecular formula is C15H21ClN2O3S. The van der Waals surface area contributed by atoms with E-state index in [-0.39, 0.29) is 10.8 Å². The van der Waals surface area contributed by atoms with E-state index in [1.807, 2.05) is 0 Å². The van der Waals surface area contributed by atoms with Crippen molar-refractivity contribution in [3.8, 4) is 0 Å². The van der Waals surface area contributed by atoms with Gasteiger partial charge in [0.1, 0.15) is 5.38 Å². The summed E-state index contributed by atoms with van der Waals surface area (Å²) in [7, 11) is -3.46. The molecule has 0 spiro atoms. The molecule has 2 rings (SSSR count). The molecule has 0 aliphatic carbocycles. The number of carbonyl (C=O) groups excluding carboxylic acids is 1. The van der Waals surface area contributed by atoms with Gasteiger partial charge in [0.15, 0.2) is 0 Å². The van der Waals surface area contributed by atoms with Crippen molar-refractivity contribution in [2.24, 2.45) is 5.92 Å². The fraction of sp³-hybridized carbons (Fsp3) is 0.533. The van der Waals surface area contributed by atoms with Gasteiger partial charge in [-0.2, -0.15) is 4.31 Å². The minimum absolute atomic E-state index is 0.249. The highest BCUT2D eigenvalue weighted by Gasteiger charge is 2.28. The molecule has 0 bridgehead atoms. The summed E-state index contributed by atoms with van der Waals surface area (Å²) >= 11 is 5.68. The molecule has 1 aromatic carbocycles. The Labute approximate surface area is 136 Å². The van der Waals surface area contributed by atoms with Crippen LogP contribution in [0.25, 0.3) is 0 Å². The van der Waals surface area contributed by atoms with E-state index in [2.05, 4.69) is 12.2 Å². The van der Waals surface area contributed by atoms with Gasteiger partial charge >= 0.3 is 0 Å². The van der Waals surface area contributed by atoms with Crippen molar-refractivity contribution in [3.05, 3.63) is 24.3 Å². The van der Waals surface area contributed by atoms with E-state index in [4.69, 9.17) is 11.6 Å². The van der Waals surface area contributed by atoms with Gasteiger partial charge in [0.05, 0.1) is 4.90 Å². The summed E-state index contributed by atoms with van der Waals surface area (Å²) < 4.78 is 26.7. The molecule has 5 nitrogen and oxygen atoms in total. The van der Waals surface area contributed by atoms with Crippen molar-refractivity contribution in [1.29, 1.82) is 0 Å². The molecule has 1 aliphatic heterocycles. The number of halogens is 1. The number of nitrogens with zero attached hydrogens (tertiary/aromatic N) is 1. The average molecular weight is 345 g/mol. The number of carbonyl (C=O) groups is 1. The van der Waals surface area contributed by atoms with E-state index in [1.165, 1.54) is 16.4 Å². The van der Waals surface area contributed by atoms with E-state index >= 15 is 0 Å². The van der Waals surface area contributed by atoms with Crippen molar-refractivity contribution < 1.29 is 13.2 Å². The zero-order valence-electron chi connectivity index (χ0n) is 12.8. The van der Waals surface area contributed by atoms with Crippen LogP contribution in [0.15, 0.2) is 29.2 Å². The van der Waals surface area contributed by atoms with Crippen LogP contribution in [0, 0.1) is 5.92 Å². The SMILES string of the molecule is C[C@H]1CCCN(S(=O)(=O)c2ccc(NC(=O)[C@H](C)Cl)cc2)C1. The molecule has 0 saturated carbocycles. The largest absolute Gasteiger partial charge is 0.325 e. The highest BCUT2D eigenvalue weighted by molar-refractivity contribution is 7.89. The fourth-order valence-corrected chi connectivity index (χ4v) is 4.12. The summed E-state index contributed by atoms with van der Waals surface area (Å²) in [4.78, 5) is 11.8. The third kappa shape index (κ3) is 4.00. The minimum atomic E-state index is -3.46. The van der Waals surface area contributed by atoms with Gasteiger partial charge in [0.2, 0.25) is 15.9 Å². The summed E-state index contributed by atoms with van der Waals surface area (Å²) in [5.41, 5.74) is 0.531. The molecule has 122 valence electrons. The van der Waals surface area contributed by atoms with Crippen LogP contribution in [-0.4, -0.2) is 37.1 Å². The molecule has 1 N–H and O–H groups in total. The maximum atomic E-state index is 12.6. The maximum Gasteiger partial charge on any atom is 0.243 e. The number of piperidine rings is 1. The highest BCUT2D eigenvalue weighted by Crippen LogP contribution is 2.24. The Morgan fingerprint density at radius 1 is 1.36 bits per heavy atom. The quantitative estimate of drug-likeness (QED) is 0.854. The van der Waals surface area contributed by atoms with Gasteiger partial charge in [0.25, 0.3) is 0 Å². The zero-order chi connectivity index (χ0) is 16.3. The summed E-state index contributed by atoms with van der Waals surface area (Å²) in [6.45, 7) is 4.76. The Morgan fingerprint density at radius 3 is 2.55 bits per heavy atom. The van der Waals surface area contributed by atoms with Gasteiger partial charge in [-0.25, -0.2) is 8.42 Å². The molecule has 0 unspecified atom stereocenters. The van der Waals surface area contributed by atoms with Gasteiger partial charge < -0.3 is 5.32 Å². The van der Waals surface area contributed by atoms with Crippen LogP contribution in [0.3, 0.4) is 0 Å². The first kappa shape index (κ1) is 17.2. The molecule has 1 aromatic rings. The summed E-state index contributed by atoms with van der Waals surface area (Å²) in [5.74, 6) is 0.0643. The van der Waals surface area contributed by atoms with Crippen molar-refractivity contribution in [1.82, 2.24) is 4.31 Å². The fourth-order valence-electron chi connectivity index (χ4n) is 2.47. The van der Waals surface area contributed by atoms with Crippen LogP contribution in [-0.2, 0) is 14.8 Å². The van der Waals surface area contributed by atoms with Gasteiger partial charge in [-0.1, -0.05) is 6.92 Å². The van der Waals surface area contributed by atoms with Crippen LogP contribution >= 0.6 is 11.6 Å². The number of benzene rings is 1. The van der Waals surface area contributed by atoms with Crippen LogP contribution in [0.1, 0.15) is 26.7 Å². The topological polar surface area (TPSA) is 66.5 Å². The van der Waals surface area contributed by atoms with E-state index in [0.29, 0.717) is 24.7 Å². The highest BCUT2D eigenvalue weighted by atomic mass is 35.5. The van der Waals surface area contributed by atoms with Crippen molar-refractivity contribution >= 4 is 33.2 Å². The minimum Gasteiger partial charge on any atom is -0.325 e. The Morgan fingerprint density at radius 2 is 2.00 bits per heavy atom. The second-order valence-electron chi connectivity index (χ2n) is 5.74. The third-order valence-electron chi connectivity index (χ3n) is 3.74. The van der Waals surface area contributed by atoms with Crippen molar-refractivity contribution in [2.45, 2.75) is 37.0 Å². The normalized spacial score (nSPS) is 21.3. The molecule has 0 radical (unpaired) electrons. The molecule has 1 heterocycles. The van der Waals surface area contributed by atoms with Gasteiger partial charge in [-0.05, 0) is 49.9 Å². The van der Waals surface area contributed by atoms with E-state index < -0.39 is 15.4 Å². The number of rotatable bonds is 4. The second-order valence-corrected chi connectivity index (χ2v) is 8.33. The van der Waals surface area contributed by atoms with Crippen LogP contribution < -0.4 is 5.32 Å². The van der Waals surface area contributed by atoms with E-state index in [1.54, 1.807) is 19.1 Å². The second kappa shape index (κ2) is 6.98. The zero-order valence-corrected chi connectivity index (χ0v) is 14.3. The number of sulfonamides is 1. The molecule has 1 fully saturated rings. The molecule has 22 heavy (non-hydrogen) atoms. The van der Waals surface area contributed by atoms with Crippen molar-refractivity contribution in [2.75, 3.05) is 18.4 Å². The summed E-state index contributed by atoms with van der Waals surface area (Å²) in [6.07, 6.45) is 1.95. The van der Waals surface area contributed by atoms with Crippen LogP contribution in [0.2, 0.25) is 0 Å².